The first-order chi connectivity index (χ1) is 11.6. The van der Waals surface area contributed by atoms with Gasteiger partial charge in [-0.1, -0.05) is 52.0 Å². The number of nitrogens with one attached hydrogen (secondary N) is 1. The molecule has 0 spiro atoms. The molecule has 0 unspecified atom stereocenters. The zero-order valence-corrected chi connectivity index (χ0v) is 15.3. The van der Waals surface area contributed by atoms with E-state index in [1.165, 1.54) is 29.7 Å². The average Bonchev–Trinajstić information content (AvgIpc) is 3.09. The van der Waals surface area contributed by atoms with Crippen LogP contribution in [0.1, 0.15) is 63.5 Å². The lowest BCUT2D eigenvalue weighted by atomic mass is 9.92. The highest BCUT2D eigenvalue weighted by Crippen LogP contribution is 2.34. The lowest BCUT2D eigenvalue weighted by Gasteiger charge is -2.22. The number of anilines is 3. The number of benzene rings is 1. The van der Waals surface area contributed by atoms with E-state index in [1.54, 1.807) is 0 Å². The number of hydrogen-bond acceptors (Lipinski definition) is 3. The van der Waals surface area contributed by atoms with Crippen LogP contribution in [0.4, 0.5) is 17.3 Å². The molecule has 1 saturated heterocycles. The number of para-hydroxylation sites is 1. The van der Waals surface area contributed by atoms with Crippen molar-refractivity contribution in [3.63, 3.8) is 0 Å². The largest absolute Gasteiger partial charge is 0.357 e. The highest BCUT2D eigenvalue weighted by Gasteiger charge is 2.16. The van der Waals surface area contributed by atoms with Gasteiger partial charge in [-0.05, 0) is 47.9 Å². The molecule has 0 saturated carbocycles. The molecule has 0 atom stereocenters. The SMILES string of the molecule is CC(C)c1cccc(C(C)C)c1Nc1cccc(N2CCCC2)n1. The summed E-state index contributed by atoms with van der Waals surface area (Å²) in [6.45, 7) is 11.2. The Balaban J connectivity index is 1.94. The molecule has 3 heteroatoms. The molecule has 1 aromatic carbocycles. The van der Waals surface area contributed by atoms with Crippen molar-refractivity contribution in [2.24, 2.45) is 0 Å². The van der Waals surface area contributed by atoms with E-state index in [9.17, 15) is 0 Å². The van der Waals surface area contributed by atoms with Crippen LogP contribution in [0.2, 0.25) is 0 Å². The Labute approximate surface area is 146 Å². The molecule has 3 nitrogen and oxygen atoms in total. The molecule has 24 heavy (non-hydrogen) atoms. The third kappa shape index (κ3) is 3.55. The molecule has 1 N–H and O–H groups in total. The molecule has 1 aliphatic rings. The van der Waals surface area contributed by atoms with E-state index in [-0.39, 0.29) is 0 Å². The van der Waals surface area contributed by atoms with Crippen molar-refractivity contribution in [3.8, 4) is 0 Å². The first kappa shape index (κ1) is 16.8. The maximum atomic E-state index is 4.87. The van der Waals surface area contributed by atoms with Gasteiger partial charge < -0.3 is 10.2 Å². The molecule has 1 fully saturated rings. The van der Waals surface area contributed by atoms with Crippen LogP contribution in [-0.4, -0.2) is 18.1 Å². The number of aromatic nitrogens is 1. The Morgan fingerprint density at radius 3 is 2.04 bits per heavy atom. The van der Waals surface area contributed by atoms with Crippen LogP contribution < -0.4 is 10.2 Å². The van der Waals surface area contributed by atoms with Crippen molar-refractivity contribution in [3.05, 3.63) is 47.5 Å². The Morgan fingerprint density at radius 2 is 1.46 bits per heavy atom. The van der Waals surface area contributed by atoms with Crippen molar-refractivity contribution in [2.45, 2.75) is 52.4 Å². The van der Waals surface area contributed by atoms with Crippen LogP contribution in [0.15, 0.2) is 36.4 Å². The summed E-state index contributed by atoms with van der Waals surface area (Å²) in [7, 11) is 0. The molecule has 0 radical (unpaired) electrons. The van der Waals surface area contributed by atoms with E-state index in [2.05, 4.69) is 74.3 Å². The molecular formula is C21H29N3. The topological polar surface area (TPSA) is 28.2 Å². The van der Waals surface area contributed by atoms with Gasteiger partial charge in [0.1, 0.15) is 11.6 Å². The molecule has 3 rings (SSSR count). The molecule has 2 heterocycles. The third-order valence-corrected chi connectivity index (χ3v) is 4.79. The number of pyridine rings is 1. The van der Waals surface area contributed by atoms with E-state index in [0.29, 0.717) is 11.8 Å². The van der Waals surface area contributed by atoms with E-state index >= 15 is 0 Å². The van der Waals surface area contributed by atoms with Crippen molar-refractivity contribution >= 4 is 17.3 Å². The van der Waals surface area contributed by atoms with Gasteiger partial charge in [0.2, 0.25) is 0 Å². The second-order valence-corrected chi connectivity index (χ2v) is 7.32. The first-order valence-electron chi connectivity index (χ1n) is 9.18. The summed E-state index contributed by atoms with van der Waals surface area (Å²) in [5.41, 5.74) is 3.94. The standard InChI is InChI=1S/C21H29N3/c1-15(2)17-9-7-10-18(16(3)4)21(17)23-19-11-8-12-20(22-19)24-13-5-6-14-24/h7-12,15-16H,5-6,13-14H2,1-4H3,(H,22,23). The van der Waals surface area contributed by atoms with Gasteiger partial charge in [0.15, 0.2) is 0 Å². The van der Waals surface area contributed by atoms with E-state index in [4.69, 9.17) is 4.98 Å². The maximum Gasteiger partial charge on any atom is 0.132 e. The second-order valence-electron chi connectivity index (χ2n) is 7.32. The summed E-state index contributed by atoms with van der Waals surface area (Å²) >= 11 is 0. The smallest absolute Gasteiger partial charge is 0.132 e. The third-order valence-electron chi connectivity index (χ3n) is 4.79. The van der Waals surface area contributed by atoms with Crippen molar-refractivity contribution in [2.75, 3.05) is 23.3 Å². The molecule has 1 aliphatic heterocycles. The molecule has 0 amide bonds. The molecule has 0 bridgehead atoms. The zero-order valence-electron chi connectivity index (χ0n) is 15.3. The lowest BCUT2D eigenvalue weighted by Crippen LogP contribution is -2.19. The summed E-state index contributed by atoms with van der Waals surface area (Å²) in [6.07, 6.45) is 2.54. The number of rotatable bonds is 5. The summed E-state index contributed by atoms with van der Waals surface area (Å²) in [5, 5.41) is 3.63. The fourth-order valence-corrected chi connectivity index (χ4v) is 3.44. The minimum absolute atomic E-state index is 0.480. The number of hydrogen-bond donors (Lipinski definition) is 1. The van der Waals surface area contributed by atoms with Gasteiger partial charge >= 0.3 is 0 Å². The molecule has 1 aromatic heterocycles. The van der Waals surface area contributed by atoms with Crippen LogP contribution in [-0.2, 0) is 0 Å². The van der Waals surface area contributed by atoms with Crippen LogP contribution >= 0.6 is 0 Å². The summed E-state index contributed by atoms with van der Waals surface area (Å²) < 4.78 is 0. The maximum absolute atomic E-state index is 4.87. The Bertz CT molecular complexity index is 659. The Hall–Kier alpha value is -2.03. The molecule has 2 aromatic rings. The minimum atomic E-state index is 0.480. The van der Waals surface area contributed by atoms with Crippen molar-refractivity contribution in [1.82, 2.24) is 4.98 Å². The predicted molar refractivity (Wildman–Crippen MR) is 104 cm³/mol. The van der Waals surface area contributed by atoms with Gasteiger partial charge in [0.25, 0.3) is 0 Å². The van der Waals surface area contributed by atoms with Gasteiger partial charge in [-0.2, -0.15) is 0 Å². The molecule has 0 aliphatic carbocycles. The highest BCUT2D eigenvalue weighted by molar-refractivity contribution is 5.67. The van der Waals surface area contributed by atoms with Crippen molar-refractivity contribution in [1.29, 1.82) is 0 Å². The quantitative estimate of drug-likeness (QED) is 0.768. The first-order valence-corrected chi connectivity index (χ1v) is 9.18. The van der Waals surface area contributed by atoms with Gasteiger partial charge in [0, 0.05) is 18.8 Å². The molecular weight excluding hydrogens is 294 g/mol. The van der Waals surface area contributed by atoms with Crippen LogP contribution in [0.3, 0.4) is 0 Å². The van der Waals surface area contributed by atoms with Gasteiger partial charge in [-0.3, -0.25) is 0 Å². The molecule has 128 valence electrons. The normalized spacial score (nSPS) is 14.7. The average molecular weight is 323 g/mol. The predicted octanol–water partition coefficient (Wildman–Crippen LogP) is 5.67. The fourth-order valence-electron chi connectivity index (χ4n) is 3.44. The number of nitrogens with zero attached hydrogens (tertiary/aromatic N) is 2. The Kier molecular flexibility index (Phi) is 5.08. The van der Waals surface area contributed by atoms with E-state index < -0.39 is 0 Å². The summed E-state index contributed by atoms with van der Waals surface area (Å²) in [5.74, 6) is 2.99. The summed E-state index contributed by atoms with van der Waals surface area (Å²) in [6, 6.07) is 12.9. The summed E-state index contributed by atoms with van der Waals surface area (Å²) in [4.78, 5) is 7.24. The second kappa shape index (κ2) is 7.25. The fraction of sp³-hybridized carbons (Fsp3) is 0.476. The van der Waals surface area contributed by atoms with E-state index in [0.717, 1.165) is 24.7 Å². The van der Waals surface area contributed by atoms with Gasteiger partial charge in [0.05, 0.1) is 0 Å². The van der Waals surface area contributed by atoms with E-state index in [1.807, 2.05) is 0 Å². The van der Waals surface area contributed by atoms with Crippen LogP contribution in [0, 0.1) is 0 Å². The lowest BCUT2D eigenvalue weighted by molar-refractivity contribution is 0.837. The minimum Gasteiger partial charge on any atom is -0.357 e. The van der Waals surface area contributed by atoms with Gasteiger partial charge in [-0.25, -0.2) is 4.98 Å². The highest BCUT2D eigenvalue weighted by atomic mass is 15.2. The Morgan fingerprint density at radius 1 is 0.875 bits per heavy atom. The van der Waals surface area contributed by atoms with Crippen molar-refractivity contribution < 1.29 is 0 Å². The zero-order chi connectivity index (χ0) is 17.1. The van der Waals surface area contributed by atoms with Gasteiger partial charge in [-0.15, -0.1) is 0 Å². The monoisotopic (exact) mass is 323 g/mol. The van der Waals surface area contributed by atoms with Crippen LogP contribution in [0.25, 0.3) is 0 Å². The van der Waals surface area contributed by atoms with Crippen LogP contribution in [0.5, 0.6) is 0 Å².